The number of hydrogen-bond acceptors (Lipinski definition) is 3. The summed E-state index contributed by atoms with van der Waals surface area (Å²) in [6.07, 6.45) is 1.89. The quantitative estimate of drug-likeness (QED) is 0.782. The van der Waals surface area contributed by atoms with Crippen LogP contribution in [0.1, 0.15) is 0 Å². The topological polar surface area (TPSA) is 60.2 Å². The number of para-hydroxylation sites is 2. The lowest BCUT2D eigenvalue weighted by Gasteiger charge is -2.27. The zero-order chi connectivity index (χ0) is 18.4. The van der Waals surface area contributed by atoms with E-state index in [0.717, 1.165) is 36.9 Å². The summed E-state index contributed by atoms with van der Waals surface area (Å²) in [5.74, 6) is 0.814. The molecule has 1 fully saturated rings. The van der Waals surface area contributed by atoms with Gasteiger partial charge in [0.15, 0.2) is 6.54 Å². The van der Waals surface area contributed by atoms with Gasteiger partial charge in [-0.05, 0) is 18.2 Å². The third kappa shape index (κ3) is 4.89. The molecular formula is C18H22F2N4O2+2. The number of amides is 1. The molecule has 2 aromatic rings. The molecule has 0 saturated carbocycles. The van der Waals surface area contributed by atoms with Gasteiger partial charge in [-0.3, -0.25) is 9.69 Å². The molecule has 0 radical (unpaired) electrons. The van der Waals surface area contributed by atoms with Crippen LogP contribution in [-0.2, 0) is 4.79 Å². The Morgan fingerprint density at radius 3 is 2.62 bits per heavy atom. The first-order chi connectivity index (χ1) is 12.6. The predicted molar refractivity (Wildman–Crippen MR) is 92.5 cm³/mol. The molecule has 0 atom stereocenters. The molecule has 0 aliphatic carbocycles. The SMILES string of the molecule is O=C(C[NH+]1CCN(c2cccc[nH+]2)CC1)Nc1ccccc1OC(F)F. The number of ether oxygens (including phenoxy) is 1. The smallest absolute Gasteiger partial charge is 0.387 e. The van der Waals surface area contributed by atoms with Crippen LogP contribution in [0, 0.1) is 0 Å². The van der Waals surface area contributed by atoms with Crippen molar-refractivity contribution in [3.05, 3.63) is 48.7 Å². The summed E-state index contributed by atoms with van der Waals surface area (Å²) >= 11 is 0. The number of halogens is 2. The number of carbonyl (C=O) groups is 1. The Kier molecular flexibility index (Phi) is 5.96. The van der Waals surface area contributed by atoms with Crippen LogP contribution in [-0.4, -0.2) is 45.2 Å². The van der Waals surface area contributed by atoms with Crippen molar-refractivity contribution in [2.45, 2.75) is 6.61 Å². The Balaban J connectivity index is 1.51. The Morgan fingerprint density at radius 1 is 1.19 bits per heavy atom. The molecular weight excluding hydrogens is 342 g/mol. The average molecular weight is 364 g/mol. The summed E-state index contributed by atoms with van der Waals surface area (Å²) in [7, 11) is 0. The third-order valence-corrected chi connectivity index (χ3v) is 4.29. The number of H-pyrrole nitrogens is 1. The molecule has 1 amide bonds. The maximum atomic E-state index is 12.4. The summed E-state index contributed by atoms with van der Waals surface area (Å²) in [6, 6.07) is 12.1. The fraction of sp³-hybridized carbons (Fsp3) is 0.333. The van der Waals surface area contributed by atoms with Crippen LogP contribution in [0.4, 0.5) is 20.3 Å². The van der Waals surface area contributed by atoms with E-state index in [2.05, 4.69) is 19.9 Å². The van der Waals surface area contributed by atoms with Crippen molar-refractivity contribution in [1.29, 1.82) is 0 Å². The van der Waals surface area contributed by atoms with Crippen molar-refractivity contribution in [3.8, 4) is 5.75 Å². The Bertz CT molecular complexity index is 722. The number of aromatic amines is 1. The van der Waals surface area contributed by atoms with Crippen molar-refractivity contribution in [2.75, 3.05) is 42.9 Å². The summed E-state index contributed by atoms with van der Waals surface area (Å²) in [5.41, 5.74) is 0.259. The molecule has 26 heavy (non-hydrogen) atoms. The van der Waals surface area contributed by atoms with E-state index in [0.29, 0.717) is 0 Å². The number of rotatable bonds is 6. The minimum absolute atomic E-state index is 0.0321. The standard InChI is InChI=1S/C18H20F2N4O2/c19-18(20)26-15-6-2-1-5-14(15)22-17(25)13-23-9-11-24(12-10-23)16-7-3-4-8-21-16/h1-8,18H,9-13H2,(H,22,25)/p+2. The second-order valence-corrected chi connectivity index (χ2v) is 6.08. The van der Waals surface area contributed by atoms with E-state index in [1.165, 1.54) is 6.07 Å². The largest absolute Gasteiger partial charge is 0.433 e. The van der Waals surface area contributed by atoms with Gasteiger partial charge < -0.3 is 15.0 Å². The summed E-state index contributed by atoms with van der Waals surface area (Å²) in [4.78, 5) is 18.9. The van der Waals surface area contributed by atoms with Crippen LogP contribution in [0.2, 0.25) is 0 Å². The molecule has 1 aromatic carbocycles. The maximum absolute atomic E-state index is 12.4. The van der Waals surface area contributed by atoms with Crippen LogP contribution in [0.3, 0.4) is 0 Å². The number of pyridine rings is 1. The molecule has 0 unspecified atom stereocenters. The maximum Gasteiger partial charge on any atom is 0.387 e. The monoisotopic (exact) mass is 364 g/mol. The van der Waals surface area contributed by atoms with Gasteiger partial charge in [0.25, 0.3) is 11.7 Å². The summed E-state index contributed by atoms with van der Waals surface area (Å²) < 4.78 is 29.3. The highest BCUT2D eigenvalue weighted by Crippen LogP contribution is 2.25. The van der Waals surface area contributed by atoms with Crippen molar-refractivity contribution < 1.29 is 28.2 Å². The molecule has 6 nitrogen and oxygen atoms in total. The molecule has 1 aromatic heterocycles. The number of aromatic nitrogens is 1. The van der Waals surface area contributed by atoms with Crippen LogP contribution in [0.5, 0.6) is 5.75 Å². The van der Waals surface area contributed by atoms with Gasteiger partial charge in [0.2, 0.25) is 0 Å². The van der Waals surface area contributed by atoms with Gasteiger partial charge in [-0.2, -0.15) is 8.78 Å². The minimum atomic E-state index is -2.93. The first kappa shape index (κ1) is 18.1. The second-order valence-electron chi connectivity index (χ2n) is 6.08. The lowest BCUT2D eigenvalue weighted by Crippen LogP contribution is -3.15. The molecule has 3 N–H and O–H groups in total. The highest BCUT2D eigenvalue weighted by molar-refractivity contribution is 5.92. The highest BCUT2D eigenvalue weighted by Gasteiger charge is 2.27. The number of carbonyl (C=O) groups excluding carboxylic acids is 1. The molecule has 0 bridgehead atoms. The lowest BCUT2D eigenvalue weighted by molar-refractivity contribution is -0.892. The molecule has 3 rings (SSSR count). The van der Waals surface area contributed by atoms with Gasteiger partial charge in [-0.1, -0.05) is 18.2 Å². The van der Waals surface area contributed by atoms with Gasteiger partial charge in [-0.15, -0.1) is 0 Å². The number of hydrogen-bond donors (Lipinski definition) is 2. The van der Waals surface area contributed by atoms with Crippen LogP contribution in [0.25, 0.3) is 0 Å². The Morgan fingerprint density at radius 2 is 1.92 bits per heavy atom. The number of nitrogens with zero attached hydrogens (tertiary/aromatic N) is 1. The van der Waals surface area contributed by atoms with Crippen LogP contribution >= 0.6 is 0 Å². The first-order valence-electron chi connectivity index (χ1n) is 8.51. The van der Waals surface area contributed by atoms with Gasteiger partial charge in [0, 0.05) is 6.07 Å². The molecule has 1 aliphatic rings. The van der Waals surface area contributed by atoms with Gasteiger partial charge in [-0.25, -0.2) is 4.98 Å². The lowest BCUT2D eigenvalue weighted by atomic mass is 10.2. The summed E-state index contributed by atoms with van der Waals surface area (Å²) in [6.45, 7) is 0.690. The number of piperazine rings is 1. The van der Waals surface area contributed by atoms with Crippen molar-refractivity contribution in [3.63, 3.8) is 0 Å². The zero-order valence-electron chi connectivity index (χ0n) is 14.3. The van der Waals surface area contributed by atoms with Crippen molar-refractivity contribution >= 4 is 17.4 Å². The first-order valence-corrected chi connectivity index (χ1v) is 8.51. The van der Waals surface area contributed by atoms with E-state index in [1.54, 1.807) is 18.2 Å². The van der Waals surface area contributed by atoms with Crippen molar-refractivity contribution in [2.24, 2.45) is 0 Å². The molecule has 138 valence electrons. The highest BCUT2D eigenvalue weighted by atomic mass is 19.3. The minimum Gasteiger partial charge on any atom is -0.433 e. The molecule has 1 aliphatic heterocycles. The molecule has 0 spiro atoms. The van der Waals surface area contributed by atoms with Crippen LogP contribution in [0.15, 0.2) is 48.7 Å². The van der Waals surface area contributed by atoms with E-state index in [4.69, 9.17) is 0 Å². The molecule has 8 heteroatoms. The van der Waals surface area contributed by atoms with E-state index >= 15 is 0 Å². The number of benzene rings is 1. The fourth-order valence-corrected chi connectivity index (χ4v) is 3.01. The molecule has 2 heterocycles. The third-order valence-electron chi connectivity index (χ3n) is 4.29. The van der Waals surface area contributed by atoms with Crippen molar-refractivity contribution in [1.82, 2.24) is 0 Å². The fourth-order valence-electron chi connectivity index (χ4n) is 3.01. The second kappa shape index (κ2) is 8.57. The van der Waals surface area contributed by atoms with Gasteiger partial charge in [0.1, 0.15) is 31.9 Å². The van der Waals surface area contributed by atoms with E-state index in [-0.39, 0.29) is 23.9 Å². The normalized spacial score (nSPS) is 15.1. The Hall–Kier alpha value is -2.74. The molecule has 1 saturated heterocycles. The van der Waals surface area contributed by atoms with Crippen LogP contribution < -0.4 is 24.8 Å². The van der Waals surface area contributed by atoms with Gasteiger partial charge in [0.05, 0.1) is 11.9 Å². The average Bonchev–Trinajstić information content (AvgIpc) is 2.64. The number of anilines is 2. The zero-order valence-corrected chi connectivity index (χ0v) is 14.3. The Labute approximate surface area is 150 Å². The van der Waals surface area contributed by atoms with Gasteiger partial charge >= 0.3 is 6.61 Å². The van der Waals surface area contributed by atoms with E-state index < -0.39 is 6.61 Å². The predicted octanol–water partition coefficient (Wildman–Crippen LogP) is 0.446. The van der Waals surface area contributed by atoms with E-state index in [1.807, 2.05) is 24.4 Å². The number of alkyl halides is 2. The summed E-state index contributed by atoms with van der Waals surface area (Å²) in [5, 5.41) is 2.67. The van der Waals surface area contributed by atoms with E-state index in [9.17, 15) is 13.6 Å². The number of quaternary nitrogens is 1. The number of nitrogens with one attached hydrogen (secondary N) is 3.